The molecule has 0 atom stereocenters. The maximum atomic E-state index is 9.13. The van der Waals surface area contributed by atoms with Crippen molar-refractivity contribution < 1.29 is 5.21 Å². The summed E-state index contributed by atoms with van der Waals surface area (Å²) in [5.74, 6) is 0.750. The Labute approximate surface area is 122 Å². The predicted octanol–water partition coefficient (Wildman–Crippen LogP) is 4.28. The third-order valence-electron chi connectivity index (χ3n) is 3.49. The van der Waals surface area contributed by atoms with Gasteiger partial charge in [0.05, 0.1) is 11.6 Å². The van der Waals surface area contributed by atoms with Crippen LogP contribution in [0.4, 0.5) is 11.4 Å². The van der Waals surface area contributed by atoms with Crippen LogP contribution in [0.3, 0.4) is 0 Å². The summed E-state index contributed by atoms with van der Waals surface area (Å²) >= 11 is 1.55. The second-order valence-corrected chi connectivity index (χ2v) is 5.85. The van der Waals surface area contributed by atoms with Crippen LogP contribution in [-0.4, -0.2) is 16.1 Å². The van der Waals surface area contributed by atoms with Crippen LogP contribution in [0.25, 0.3) is 0 Å². The van der Waals surface area contributed by atoms with E-state index in [0.717, 1.165) is 17.1 Å². The lowest BCUT2D eigenvalue weighted by Gasteiger charge is -2.32. The number of hydrogen-bond donors (Lipinski definition) is 1. The van der Waals surface area contributed by atoms with E-state index in [1.165, 1.54) is 16.8 Å². The van der Waals surface area contributed by atoms with Gasteiger partial charge in [-0.1, -0.05) is 52.8 Å². The molecule has 0 saturated carbocycles. The van der Waals surface area contributed by atoms with Gasteiger partial charge < -0.3 is 10.1 Å². The van der Waals surface area contributed by atoms with Crippen molar-refractivity contribution in [1.29, 1.82) is 0 Å². The van der Waals surface area contributed by atoms with Gasteiger partial charge >= 0.3 is 0 Å². The number of hydrogen-bond acceptors (Lipinski definition) is 4. The van der Waals surface area contributed by atoms with Crippen molar-refractivity contribution in [3.05, 3.63) is 59.2 Å². The maximum Gasteiger partial charge on any atom is 0.146 e. The van der Waals surface area contributed by atoms with E-state index >= 15 is 0 Å². The molecule has 1 aliphatic heterocycles. The molecule has 3 nitrogen and oxygen atoms in total. The lowest BCUT2D eigenvalue weighted by atomic mass is 10.1. The monoisotopic (exact) mass is 284 g/mol. The molecule has 3 rings (SSSR count). The first kappa shape index (κ1) is 13.1. The Hall–Kier alpha value is -1.94. The van der Waals surface area contributed by atoms with Crippen molar-refractivity contribution in [2.24, 2.45) is 5.16 Å². The van der Waals surface area contributed by atoms with Crippen molar-refractivity contribution in [3.63, 3.8) is 0 Å². The standard InChI is InChI=1S/C16H16N2OS/c1-11-7-8-14(12(2)9-11)18-10-20-16(17-19)13-5-3-4-6-15(13)18/h3-9,19H,10H2,1-2H3/b17-16-. The smallest absolute Gasteiger partial charge is 0.146 e. The summed E-state index contributed by atoms with van der Waals surface area (Å²) in [5.41, 5.74) is 5.79. The van der Waals surface area contributed by atoms with Gasteiger partial charge in [-0.25, -0.2) is 0 Å². The van der Waals surface area contributed by atoms with Crippen LogP contribution in [0, 0.1) is 13.8 Å². The lowest BCUT2D eigenvalue weighted by Crippen LogP contribution is -2.25. The number of thioether (sulfide) groups is 1. The van der Waals surface area contributed by atoms with Crippen LogP contribution in [0.5, 0.6) is 0 Å². The number of oxime groups is 1. The molecule has 0 saturated heterocycles. The first-order chi connectivity index (χ1) is 9.70. The number of aryl methyl sites for hydroxylation is 2. The highest BCUT2D eigenvalue weighted by atomic mass is 32.2. The summed E-state index contributed by atoms with van der Waals surface area (Å²) in [4.78, 5) is 2.27. The molecule has 0 amide bonds. The highest BCUT2D eigenvalue weighted by Crippen LogP contribution is 2.38. The van der Waals surface area contributed by atoms with Gasteiger partial charge in [0.25, 0.3) is 0 Å². The molecule has 2 aromatic carbocycles. The van der Waals surface area contributed by atoms with Gasteiger partial charge in [0.1, 0.15) is 5.04 Å². The van der Waals surface area contributed by atoms with Crippen LogP contribution in [0.15, 0.2) is 47.6 Å². The van der Waals surface area contributed by atoms with E-state index in [-0.39, 0.29) is 0 Å². The Bertz CT molecular complexity index is 682. The molecule has 20 heavy (non-hydrogen) atoms. The number of para-hydroxylation sites is 1. The largest absolute Gasteiger partial charge is 0.410 e. The molecule has 2 aromatic rings. The van der Waals surface area contributed by atoms with Gasteiger partial charge in [0.15, 0.2) is 0 Å². The van der Waals surface area contributed by atoms with Gasteiger partial charge in [0.2, 0.25) is 0 Å². The summed E-state index contributed by atoms with van der Waals surface area (Å²) in [6.07, 6.45) is 0. The van der Waals surface area contributed by atoms with Crippen molar-refractivity contribution in [1.82, 2.24) is 0 Å². The Morgan fingerprint density at radius 3 is 2.65 bits per heavy atom. The Balaban J connectivity index is 2.12. The molecular weight excluding hydrogens is 268 g/mol. The highest BCUT2D eigenvalue weighted by molar-refractivity contribution is 8.14. The minimum Gasteiger partial charge on any atom is -0.410 e. The van der Waals surface area contributed by atoms with Crippen molar-refractivity contribution in [2.45, 2.75) is 13.8 Å². The lowest BCUT2D eigenvalue weighted by molar-refractivity contribution is 0.321. The molecule has 0 bridgehead atoms. The quantitative estimate of drug-likeness (QED) is 0.627. The van der Waals surface area contributed by atoms with E-state index in [1.807, 2.05) is 18.2 Å². The van der Waals surface area contributed by atoms with Gasteiger partial charge in [-0.15, -0.1) is 0 Å². The second-order valence-electron chi connectivity index (χ2n) is 4.91. The average molecular weight is 284 g/mol. The summed E-state index contributed by atoms with van der Waals surface area (Å²) in [6, 6.07) is 14.5. The Morgan fingerprint density at radius 1 is 1.10 bits per heavy atom. The fourth-order valence-corrected chi connectivity index (χ4v) is 3.47. The molecular formula is C16H16N2OS. The number of nitrogens with zero attached hydrogens (tertiary/aromatic N) is 2. The summed E-state index contributed by atoms with van der Waals surface area (Å²) in [6.45, 7) is 4.23. The van der Waals surface area contributed by atoms with Crippen LogP contribution >= 0.6 is 11.8 Å². The minimum absolute atomic E-state index is 0.682. The number of benzene rings is 2. The SMILES string of the molecule is Cc1ccc(N2CS/C(=N\O)c3ccccc32)c(C)c1. The second kappa shape index (κ2) is 5.21. The zero-order valence-corrected chi connectivity index (χ0v) is 12.3. The van der Waals surface area contributed by atoms with Gasteiger partial charge in [0, 0.05) is 11.3 Å². The maximum absolute atomic E-state index is 9.13. The molecule has 1 heterocycles. The average Bonchev–Trinajstić information content (AvgIpc) is 2.47. The van der Waals surface area contributed by atoms with E-state index in [1.54, 1.807) is 11.8 Å². The minimum atomic E-state index is 0.682. The molecule has 0 spiro atoms. The molecule has 1 N–H and O–H groups in total. The van der Waals surface area contributed by atoms with Crippen LogP contribution in [-0.2, 0) is 0 Å². The van der Waals surface area contributed by atoms with E-state index in [9.17, 15) is 0 Å². The zero-order chi connectivity index (χ0) is 14.1. The molecule has 0 aromatic heterocycles. The van der Waals surface area contributed by atoms with Gasteiger partial charge in [-0.3, -0.25) is 0 Å². The van der Waals surface area contributed by atoms with E-state index in [4.69, 9.17) is 5.21 Å². The number of anilines is 2. The molecule has 1 aliphatic rings. The van der Waals surface area contributed by atoms with Crippen LogP contribution < -0.4 is 4.90 Å². The van der Waals surface area contributed by atoms with Crippen molar-refractivity contribution in [3.8, 4) is 0 Å². The van der Waals surface area contributed by atoms with Gasteiger partial charge in [-0.2, -0.15) is 0 Å². The van der Waals surface area contributed by atoms with Gasteiger partial charge in [-0.05, 0) is 31.5 Å². The van der Waals surface area contributed by atoms with Crippen molar-refractivity contribution in [2.75, 3.05) is 10.8 Å². The van der Waals surface area contributed by atoms with Crippen LogP contribution in [0.2, 0.25) is 0 Å². The molecule has 102 valence electrons. The third-order valence-corrected chi connectivity index (χ3v) is 4.45. The highest BCUT2D eigenvalue weighted by Gasteiger charge is 2.24. The van der Waals surface area contributed by atoms with E-state index in [2.05, 4.69) is 48.2 Å². The third kappa shape index (κ3) is 2.16. The zero-order valence-electron chi connectivity index (χ0n) is 11.5. The van der Waals surface area contributed by atoms with E-state index in [0.29, 0.717) is 5.04 Å². The fourth-order valence-electron chi connectivity index (χ4n) is 2.55. The first-order valence-electron chi connectivity index (χ1n) is 6.50. The first-order valence-corrected chi connectivity index (χ1v) is 7.48. The fraction of sp³-hybridized carbons (Fsp3) is 0.188. The topological polar surface area (TPSA) is 35.8 Å². The predicted molar refractivity (Wildman–Crippen MR) is 85.3 cm³/mol. The molecule has 0 radical (unpaired) electrons. The molecule has 0 aliphatic carbocycles. The normalized spacial score (nSPS) is 16.3. The number of fused-ring (bicyclic) bond motifs is 1. The molecule has 4 heteroatoms. The van der Waals surface area contributed by atoms with Crippen molar-refractivity contribution >= 4 is 28.2 Å². The molecule has 0 fully saturated rings. The summed E-state index contributed by atoms with van der Waals surface area (Å²) in [5, 5.41) is 13.2. The Kier molecular flexibility index (Phi) is 3.40. The van der Waals surface area contributed by atoms with Crippen LogP contribution in [0.1, 0.15) is 16.7 Å². The Morgan fingerprint density at radius 2 is 1.90 bits per heavy atom. The summed E-state index contributed by atoms with van der Waals surface area (Å²) < 4.78 is 0. The summed E-state index contributed by atoms with van der Waals surface area (Å²) in [7, 11) is 0. The van der Waals surface area contributed by atoms with E-state index < -0.39 is 0 Å². The molecule has 0 unspecified atom stereocenters. The number of rotatable bonds is 1.